The van der Waals surface area contributed by atoms with E-state index in [9.17, 15) is 0 Å². The van der Waals surface area contributed by atoms with Crippen LogP contribution in [0.2, 0.25) is 0 Å². The van der Waals surface area contributed by atoms with Crippen LogP contribution in [0, 0.1) is 0 Å². The van der Waals surface area contributed by atoms with Gasteiger partial charge in [0.1, 0.15) is 0 Å². The smallest absolute Gasteiger partial charge is 0.0207 e. The van der Waals surface area contributed by atoms with Crippen LogP contribution in [0.1, 0.15) is 0 Å². The van der Waals surface area contributed by atoms with E-state index in [0.29, 0.717) is 0 Å². The van der Waals surface area contributed by atoms with E-state index in [-0.39, 0.29) is 0 Å². The molecule has 1 aliphatic heterocycles. The van der Waals surface area contributed by atoms with Gasteiger partial charge in [0.05, 0.1) is 0 Å². The summed E-state index contributed by atoms with van der Waals surface area (Å²) in [4.78, 5) is 2.68. The summed E-state index contributed by atoms with van der Waals surface area (Å²) in [6, 6.07) is 44.8. The molecule has 0 aromatic heterocycles. The zero-order chi connectivity index (χ0) is 22.9. The lowest BCUT2D eigenvalue weighted by Gasteiger charge is -2.22. The Morgan fingerprint density at radius 2 is 1.03 bits per heavy atom. The molecule has 7 aromatic carbocycles. The lowest BCUT2D eigenvalue weighted by atomic mass is 9.89. The molecule has 0 amide bonds. The van der Waals surface area contributed by atoms with Crippen molar-refractivity contribution in [3.05, 3.63) is 121 Å². The predicted molar refractivity (Wildman–Crippen MR) is 151 cm³/mol. The second-order valence-electron chi connectivity index (χ2n) is 9.32. The molecule has 0 N–H and O–H groups in total. The average molecular weight is 461 g/mol. The third-order valence-electron chi connectivity index (χ3n) is 7.43. The van der Waals surface area contributed by atoms with Gasteiger partial charge in [-0.15, -0.1) is 0 Å². The van der Waals surface area contributed by atoms with Crippen molar-refractivity contribution in [2.24, 2.45) is 0 Å². The molecule has 0 unspecified atom stereocenters. The maximum Gasteiger partial charge on any atom is 0.0207 e. The van der Waals surface area contributed by atoms with Crippen molar-refractivity contribution < 1.29 is 0 Å². The van der Waals surface area contributed by atoms with Crippen molar-refractivity contribution in [1.29, 1.82) is 0 Å². The van der Waals surface area contributed by atoms with E-state index in [4.69, 9.17) is 0 Å². The molecule has 0 atom stereocenters. The van der Waals surface area contributed by atoms with Crippen LogP contribution in [0.4, 0.5) is 0 Å². The Bertz CT molecular complexity index is 1980. The normalized spacial score (nSPS) is 12.5. The second kappa shape index (κ2) is 7.21. The minimum Gasteiger partial charge on any atom is -0.0888 e. The van der Waals surface area contributed by atoms with Gasteiger partial charge in [0.15, 0.2) is 0 Å². The molecule has 0 bridgehead atoms. The van der Waals surface area contributed by atoms with Gasteiger partial charge in [-0.3, -0.25) is 0 Å². The Kier molecular flexibility index (Phi) is 3.97. The molecule has 0 nitrogen and oxygen atoms in total. The molecule has 7 aromatic rings. The van der Waals surface area contributed by atoms with E-state index in [0.717, 1.165) is 0 Å². The van der Waals surface area contributed by atoms with E-state index in [1.54, 1.807) is 0 Å². The standard InChI is InChI=1S/C34H20S/c1-2-9-24-21(7-1)15-16-23-19-22-8-5-11-25(31(22)20-30(23)24)26-17-18-33-34-28(26)12-6-13-29(34)27-10-3-4-14-32(27)35-33/h1-20H. The number of rotatable bonds is 1. The van der Waals surface area contributed by atoms with E-state index >= 15 is 0 Å². The summed E-state index contributed by atoms with van der Waals surface area (Å²) in [5, 5.41) is 10.5. The minimum absolute atomic E-state index is 1.28. The monoisotopic (exact) mass is 460 g/mol. The van der Waals surface area contributed by atoms with Gasteiger partial charge in [0.2, 0.25) is 0 Å². The van der Waals surface area contributed by atoms with Crippen LogP contribution in [-0.2, 0) is 0 Å². The summed E-state index contributed by atoms with van der Waals surface area (Å²) in [6.07, 6.45) is 0. The van der Waals surface area contributed by atoms with Crippen LogP contribution in [0.25, 0.3) is 65.3 Å². The Labute approximate surface area is 207 Å². The first-order valence-corrected chi connectivity index (χ1v) is 12.8. The average Bonchev–Trinajstić information content (AvgIpc) is 2.92. The van der Waals surface area contributed by atoms with Gasteiger partial charge in [-0.25, -0.2) is 0 Å². The topological polar surface area (TPSA) is 0 Å². The fraction of sp³-hybridized carbons (Fsp3) is 0. The zero-order valence-electron chi connectivity index (χ0n) is 19.0. The number of fused-ring (bicyclic) bond motifs is 6. The van der Waals surface area contributed by atoms with Crippen molar-refractivity contribution in [2.75, 3.05) is 0 Å². The maximum absolute atomic E-state index is 2.40. The van der Waals surface area contributed by atoms with E-state index < -0.39 is 0 Å². The minimum atomic E-state index is 1.28. The van der Waals surface area contributed by atoms with Gasteiger partial charge < -0.3 is 0 Å². The zero-order valence-corrected chi connectivity index (χ0v) is 19.8. The quantitative estimate of drug-likeness (QED) is 0.173. The van der Waals surface area contributed by atoms with Crippen molar-refractivity contribution in [3.8, 4) is 22.3 Å². The Morgan fingerprint density at radius 1 is 0.343 bits per heavy atom. The molecule has 8 rings (SSSR count). The molecule has 162 valence electrons. The molecular formula is C34H20S. The molecule has 1 heteroatoms. The largest absolute Gasteiger partial charge is 0.0888 e. The van der Waals surface area contributed by atoms with Crippen LogP contribution in [0.3, 0.4) is 0 Å². The van der Waals surface area contributed by atoms with Crippen LogP contribution in [0.5, 0.6) is 0 Å². The Hall–Kier alpha value is -4.07. The highest BCUT2D eigenvalue weighted by atomic mass is 32.2. The third-order valence-corrected chi connectivity index (χ3v) is 8.57. The van der Waals surface area contributed by atoms with E-state index in [1.807, 2.05) is 11.8 Å². The Balaban J connectivity index is 1.46. The van der Waals surface area contributed by atoms with Gasteiger partial charge in [0, 0.05) is 15.2 Å². The summed E-state index contributed by atoms with van der Waals surface area (Å²) in [5.41, 5.74) is 5.27. The van der Waals surface area contributed by atoms with Crippen LogP contribution >= 0.6 is 11.8 Å². The van der Waals surface area contributed by atoms with E-state index in [1.165, 1.54) is 75.1 Å². The number of hydrogen-bond donors (Lipinski definition) is 0. The summed E-state index contributed by atoms with van der Waals surface area (Å²) in [7, 11) is 0. The van der Waals surface area contributed by atoms with Crippen molar-refractivity contribution in [1.82, 2.24) is 0 Å². The third kappa shape index (κ3) is 2.76. The number of hydrogen-bond acceptors (Lipinski definition) is 1. The van der Waals surface area contributed by atoms with Gasteiger partial charge in [0.25, 0.3) is 0 Å². The fourth-order valence-electron chi connectivity index (χ4n) is 5.83. The van der Waals surface area contributed by atoms with Crippen molar-refractivity contribution >= 4 is 54.9 Å². The second-order valence-corrected chi connectivity index (χ2v) is 10.4. The van der Waals surface area contributed by atoms with Gasteiger partial charge in [-0.05, 0) is 84.2 Å². The summed E-state index contributed by atoms with van der Waals surface area (Å²) in [6.45, 7) is 0. The highest BCUT2D eigenvalue weighted by molar-refractivity contribution is 7.99. The first-order valence-electron chi connectivity index (χ1n) is 12.0. The Morgan fingerprint density at radius 3 is 2.03 bits per heavy atom. The predicted octanol–water partition coefficient (Wildman–Crippen LogP) is 10.1. The molecule has 0 fully saturated rings. The van der Waals surface area contributed by atoms with Crippen molar-refractivity contribution in [2.45, 2.75) is 9.79 Å². The maximum atomic E-state index is 2.40. The summed E-state index contributed by atoms with van der Waals surface area (Å²) < 4.78 is 0. The molecular weight excluding hydrogens is 440 g/mol. The highest BCUT2D eigenvalue weighted by Gasteiger charge is 2.20. The molecule has 0 aliphatic carbocycles. The SMILES string of the molecule is c1ccc2c(c1)Sc1ccc(-c3cccc4cc5ccc6ccccc6c5cc34)c3cccc-2c13. The highest BCUT2D eigenvalue weighted by Crippen LogP contribution is 2.50. The molecule has 0 saturated heterocycles. The molecule has 1 heterocycles. The van der Waals surface area contributed by atoms with Crippen LogP contribution in [0.15, 0.2) is 131 Å². The van der Waals surface area contributed by atoms with Gasteiger partial charge >= 0.3 is 0 Å². The summed E-state index contributed by atoms with van der Waals surface area (Å²) in [5.74, 6) is 0. The molecule has 1 aliphatic rings. The lowest BCUT2D eigenvalue weighted by molar-refractivity contribution is 1.40. The van der Waals surface area contributed by atoms with Crippen LogP contribution in [-0.4, -0.2) is 0 Å². The van der Waals surface area contributed by atoms with Gasteiger partial charge in [-0.1, -0.05) is 109 Å². The van der Waals surface area contributed by atoms with Gasteiger partial charge in [-0.2, -0.15) is 0 Å². The number of benzene rings is 7. The van der Waals surface area contributed by atoms with Crippen LogP contribution < -0.4 is 0 Å². The molecule has 35 heavy (non-hydrogen) atoms. The first kappa shape index (κ1) is 19.3. The first-order chi connectivity index (χ1) is 17.3. The molecule has 0 spiro atoms. The summed E-state index contributed by atoms with van der Waals surface area (Å²) >= 11 is 1.89. The molecule has 0 saturated carbocycles. The van der Waals surface area contributed by atoms with E-state index in [2.05, 4.69) is 121 Å². The van der Waals surface area contributed by atoms with Crippen molar-refractivity contribution in [3.63, 3.8) is 0 Å². The fourth-order valence-corrected chi connectivity index (χ4v) is 6.96. The molecule has 0 radical (unpaired) electrons. The lowest BCUT2D eigenvalue weighted by Crippen LogP contribution is -1.94.